The molecule has 2 heterocycles. The molecule has 0 aromatic carbocycles. The minimum atomic E-state index is -0.0608. The number of carbonyl (C=O) groups excluding carboxylic acids is 1. The van der Waals surface area contributed by atoms with Crippen molar-refractivity contribution in [2.75, 3.05) is 11.1 Å². The van der Waals surface area contributed by atoms with Crippen molar-refractivity contribution in [2.24, 2.45) is 5.92 Å². The van der Waals surface area contributed by atoms with Crippen LogP contribution in [0.15, 0.2) is 16.7 Å². The zero-order valence-corrected chi connectivity index (χ0v) is 16.2. The van der Waals surface area contributed by atoms with Crippen LogP contribution < -0.4 is 5.32 Å². The largest absolute Gasteiger partial charge is 0.306 e. The van der Waals surface area contributed by atoms with Gasteiger partial charge in [-0.15, -0.1) is 21.5 Å². The zero-order chi connectivity index (χ0) is 17.5. The van der Waals surface area contributed by atoms with Crippen LogP contribution >= 0.6 is 23.1 Å². The summed E-state index contributed by atoms with van der Waals surface area (Å²) in [5, 5.41) is 14.8. The van der Waals surface area contributed by atoms with E-state index in [2.05, 4.69) is 32.0 Å². The van der Waals surface area contributed by atoms with Crippen LogP contribution in [0, 0.1) is 5.92 Å². The van der Waals surface area contributed by atoms with Crippen molar-refractivity contribution in [3.05, 3.63) is 17.4 Å². The first-order valence-corrected chi connectivity index (χ1v) is 10.9. The molecule has 1 amide bonds. The number of thioether (sulfide) groups is 1. The quantitative estimate of drug-likeness (QED) is 0.702. The summed E-state index contributed by atoms with van der Waals surface area (Å²) in [6.07, 6.45) is 10.7. The van der Waals surface area contributed by atoms with Crippen molar-refractivity contribution in [2.45, 2.75) is 63.6 Å². The summed E-state index contributed by atoms with van der Waals surface area (Å²) in [5.41, 5.74) is 0. The second-order valence-electron chi connectivity index (χ2n) is 6.36. The Kier molecular flexibility index (Phi) is 6.86. The Balaban J connectivity index is 1.51. The molecular weight excluding hydrogens is 354 g/mol. The van der Waals surface area contributed by atoms with E-state index in [4.69, 9.17) is 0 Å². The van der Waals surface area contributed by atoms with Gasteiger partial charge in [0.2, 0.25) is 5.91 Å². The molecule has 25 heavy (non-hydrogen) atoms. The van der Waals surface area contributed by atoms with Crippen molar-refractivity contribution in [3.63, 3.8) is 0 Å². The van der Waals surface area contributed by atoms with Gasteiger partial charge in [-0.1, -0.05) is 43.9 Å². The Morgan fingerprint density at radius 1 is 1.36 bits per heavy atom. The fraction of sp³-hybridized carbons (Fsp3) is 0.647. The molecule has 1 fully saturated rings. The number of aromatic nitrogens is 4. The van der Waals surface area contributed by atoms with Crippen molar-refractivity contribution in [1.82, 2.24) is 19.7 Å². The molecule has 0 saturated heterocycles. The number of hydrogen-bond donors (Lipinski definition) is 1. The van der Waals surface area contributed by atoms with Gasteiger partial charge in [-0.25, -0.2) is 4.98 Å². The Morgan fingerprint density at radius 3 is 2.92 bits per heavy atom. The molecule has 2 aromatic rings. The molecule has 0 bridgehead atoms. The number of aryl methyl sites for hydroxylation is 1. The number of nitrogens with zero attached hydrogens (tertiary/aromatic N) is 4. The van der Waals surface area contributed by atoms with Gasteiger partial charge in [0.15, 0.2) is 10.3 Å². The van der Waals surface area contributed by atoms with E-state index in [0.29, 0.717) is 10.9 Å². The van der Waals surface area contributed by atoms with E-state index in [-0.39, 0.29) is 5.91 Å². The number of rotatable bonds is 8. The lowest BCUT2D eigenvalue weighted by atomic mass is 9.86. The predicted molar refractivity (Wildman–Crippen MR) is 102 cm³/mol. The van der Waals surface area contributed by atoms with Crippen LogP contribution in [0.4, 0.5) is 5.13 Å². The number of carbonyl (C=O) groups is 1. The summed E-state index contributed by atoms with van der Waals surface area (Å²) in [6.45, 7) is 2.94. The van der Waals surface area contributed by atoms with E-state index < -0.39 is 0 Å². The second kappa shape index (κ2) is 9.33. The molecule has 0 aliphatic heterocycles. The van der Waals surface area contributed by atoms with E-state index in [9.17, 15) is 4.79 Å². The Hall–Kier alpha value is -1.41. The zero-order valence-electron chi connectivity index (χ0n) is 14.6. The fourth-order valence-electron chi connectivity index (χ4n) is 3.31. The van der Waals surface area contributed by atoms with Crippen LogP contribution in [0.2, 0.25) is 0 Å². The number of thiazole rings is 1. The topological polar surface area (TPSA) is 72.7 Å². The summed E-state index contributed by atoms with van der Waals surface area (Å²) < 4.78 is 2.14. The van der Waals surface area contributed by atoms with Gasteiger partial charge < -0.3 is 9.88 Å². The molecule has 3 rings (SSSR count). The summed E-state index contributed by atoms with van der Waals surface area (Å²) in [7, 11) is 0. The van der Waals surface area contributed by atoms with Crippen LogP contribution in [0.1, 0.15) is 51.3 Å². The predicted octanol–water partition coefficient (Wildman–Crippen LogP) is 4.00. The minimum absolute atomic E-state index is 0.0608. The fourth-order valence-corrected chi connectivity index (χ4v) is 4.67. The first kappa shape index (κ1) is 18.4. The van der Waals surface area contributed by atoms with E-state index in [0.717, 1.165) is 29.9 Å². The Morgan fingerprint density at radius 2 is 2.20 bits per heavy atom. The van der Waals surface area contributed by atoms with E-state index in [1.165, 1.54) is 61.6 Å². The van der Waals surface area contributed by atoms with Crippen molar-refractivity contribution in [3.8, 4) is 0 Å². The third-order valence-corrected chi connectivity index (χ3v) is 6.28. The van der Waals surface area contributed by atoms with Gasteiger partial charge in [-0.2, -0.15) is 0 Å². The molecule has 6 nitrogen and oxygen atoms in total. The molecule has 2 aromatic heterocycles. The van der Waals surface area contributed by atoms with Gasteiger partial charge in [0.1, 0.15) is 5.82 Å². The van der Waals surface area contributed by atoms with Gasteiger partial charge in [0, 0.05) is 24.5 Å². The second-order valence-corrected chi connectivity index (χ2v) is 8.20. The first-order chi connectivity index (χ1) is 12.3. The first-order valence-electron chi connectivity index (χ1n) is 9.00. The van der Waals surface area contributed by atoms with Crippen LogP contribution in [-0.4, -0.2) is 31.4 Å². The van der Waals surface area contributed by atoms with Crippen molar-refractivity contribution < 1.29 is 4.79 Å². The summed E-state index contributed by atoms with van der Waals surface area (Å²) >= 11 is 2.86. The van der Waals surface area contributed by atoms with E-state index in [1.54, 1.807) is 6.20 Å². The van der Waals surface area contributed by atoms with Gasteiger partial charge in [0.25, 0.3) is 0 Å². The van der Waals surface area contributed by atoms with Crippen LogP contribution in [-0.2, 0) is 17.8 Å². The van der Waals surface area contributed by atoms with Crippen LogP contribution in [0.25, 0.3) is 0 Å². The lowest BCUT2D eigenvalue weighted by Gasteiger charge is -2.21. The number of amides is 1. The molecule has 0 spiro atoms. The standard InChI is InChI=1S/C17H25N5OS2/c1-2-22-14(9-8-13-6-4-3-5-7-13)20-21-17(22)25-12-15(23)19-16-18-10-11-24-16/h10-11,13H,2-9,12H2,1H3,(H,18,19,23). The monoisotopic (exact) mass is 379 g/mol. The highest BCUT2D eigenvalue weighted by atomic mass is 32.2. The molecule has 1 N–H and O–H groups in total. The smallest absolute Gasteiger partial charge is 0.236 e. The van der Waals surface area contributed by atoms with Gasteiger partial charge in [0.05, 0.1) is 5.75 Å². The molecule has 0 unspecified atom stereocenters. The molecule has 1 aliphatic rings. The van der Waals surface area contributed by atoms with Crippen LogP contribution in [0.3, 0.4) is 0 Å². The highest BCUT2D eigenvalue weighted by Gasteiger charge is 2.17. The highest BCUT2D eigenvalue weighted by Crippen LogP contribution is 2.28. The SMILES string of the molecule is CCn1c(CCC2CCCCC2)nnc1SCC(=O)Nc1nccs1. The normalized spacial score (nSPS) is 15.4. The molecule has 136 valence electrons. The lowest BCUT2D eigenvalue weighted by molar-refractivity contribution is -0.113. The average molecular weight is 380 g/mol. The number of hydrogen-bond acceptors (Lipinski definition) is 6. The van der Waals surface area contributed by atoms with Crippen molar-refractivity contribution >= 4 is 34.1 Å². The van der Waals surface area contributed by atoms with E-state index in [1.807, 2.05) is 5.38 Å². The molecule has 0 radical (unpaired) electrons. The maximum Gasteiger partial charge on any atom is 0.236 e. The maximum absolute atomic E-state index is 12.0. The van der Waals surface area contributed by atoms with Gasteiger partial charge >= 0.3 is 0 Å². The third kappa shape index (κ3) is 5.28. The number of nitrogens with one attached hydrogen (secondary N) is 1. The lowest BCUT2D eigenvalue weighted by Crippen LogP contribution is -2.14. The molecule has 8 heteroatoms. The van der Waals surface area contributed by atoms with Crippen LogP contribution in [0.5, 0.6) is 0 Å². The third-order valence-electron chi connectivity index (χ3n) is 4.62. The summed E-state index contributed by atoms with van der Waals surface area (Å²) in [6, 6.07) is 0. The molecular formula is C17H25N5OS2. The number of anilines is 1. The summed E-state index contributed by atoms with van der Waals surface area (Å²) in [4.78, 5) is 16.1. The van der Waals surface area contributed by atoms with Gasteiger partial charge in [-0.05, 0) is 19.3 Å². The highest BCUT2D eigenvalue weighted by molar-refractivity contribution is 7.99. The Bertz CT molecular complexity index is 665. The minimum Gasteiger partial charge on any atom is -0.306 e. The molecule has 1 aliphatic carbocycles. The maximum atomic E-state index is 12.0. The molecule has 1 saturated carbocycles. The average Bonchev–Trinajstić information content (AvgIpc) is 3.28. The van der Waals surface area contributed by atoms with E-state index >= 15 is 0 Å². The van der Waals surface area contributed by atoms with Crippen molar-refractivity contribution in [1.29, 1.82) is 0 Å². The molecule has 0 atom stereocenters. The van der Waals surface area contributed by atoms with Gasteiger partial charge in [-0.3, -0.25) is 4.79 Å². The summed E-state index contributed by atoms with van der Waals surface area (Å²) in [5.74, 6) is 2.15. The Labute approximate surface area is 156 Å².